The van der Waals surface area contributed by atoms with Crippen molar-refractivity contribution in [1.29, 1.82) is 0 Å². The topological polar surface area (TPSA) is 24.1 Å². The molecule has 2 rings (SSSR count). The Morgan fingerprint density at radius 1 is 0.778 bits per heavy atom. The summed E-state index contributed by atoms with van der Waals surface area (Å²) in [6, 6.07) is 20.5. The van der Waals surface area contributed by atoms with Crippen LogP contribution >= 0.6 is 0 Å². The molecule has 0 bridgehead atoms. The summed E-state index contributed by atoms with van der Waals surface area (Å²) >= 11 is 0. The van der Waals surface area contributed by atoms with E-state index >= 15 is 0 Å². The number of hydrogen-bond acceptors (Lipinski definition) is 2. The molecule has 18 heavy (non-hydrogen) atoms. The van der Waals surface area contributed by atoms with Crippen LogP contribution in [-0.2, 0) is 0 Å². The molecule has 1 radical (unpaired) electrons. The third kappa shape index (κ3) is 3.81. The molecule has 2 nitrogen and oxygen atoms in total. The first-order valence-electron chi connectivity index (χ1n) is 6.31. The lowest BCUT2D eigenvalue weighted by Crippen LogP contribution is -2.28. The molecule has 0 saturated heterocycles. The van der Waals surface area contributed by atoms with E-state index < -0.39 is 0 Å². The molecule has 0 atom stereocenters. The van der Waals surface area contributed by atoms with Crippen molar-refractivity contribution in [3.05, 3.63) is 67.6 Å². The van der Waals surface area contributed by atoms with Gasteiger partial charge in [0.05, 0.1) is 6.17 Å². The van der Waals surface area contributed by atoms with Gasteiger partial charge >= 0.3 is 0 Å². The average Bonchev–Trinajstić information content (AvgIpc) is 2.41. The quantitative estimate of drug-likeness (QED) is 0.740. The highest BCUT2D eigenvalue weighted by atomic mass is 15.1. The minimum Gasteiger partial charge on any atom is -0.365 e. The summed E-state index contributed by atoms with van der Waals surface area (Å²) in [5.74, 6) is 0. The van der Waals surface area contributed by atoms with Crippen LogP contribution in [0.5, 0.6) is 0 Å². The zero-order valence-electron chi connectivity index (χ0n) is 10.5. The largest absolute Gasteiger partial charge is 0.365 e. The van der Waals surface area contributed by atoms with Crippen molar-refractivity contribution < 1.29 is 0 Å². The zero-order valence-corrected chi connectivity index (χ0v) is 10.5. The molecule has 0 aliphatic carbocycles. The maximum absolute atomic E-state index is 3.93. The Labute approximate surface area is 109 Å². The van der Waals surface area contributed by atoms with Gasteiger partial charge in [-0.3, -0.25) is 0 Å². The second kappa shape index (κ2) is 6.70. The van der Waals surface area contributed by atoms with Crippen molar-refractivity contribution in [2.45, 2.75) is 19.0 Å². The number of benzene rings is 2. The molecule has 0 aromatic heterocycles. The summed E-state index contributed by atoms with van der Waals surface area (Å²) in [6.45, 7) is 3.93. The Kier molecular flexibility index (Phi) is 4.65. The van der Waals surface area contributed by atoms with E-state index in [0.29, 0.717) is 0 Å². The van der Waals surface area contributed by atoms with Gasteiger partial charge in [-0.05, 0) is 37.1 Å². The van der Waals surface area contributed by atoms with Crippen LogP contribution in [0.1, 0.15) is 12.8 Å². The predicted octanol–water partition coefficient (Wildman–Crippen LogP) is 4.15. The molecule has 0 aliphatic heterocycles. The van der Waals surface area contributed by atoms with Gasteiger partial charge < -0.3 is 10.6 Å². The van der Waals surface area contributed by atoms with Gasteiger partial charge in [0.2, 0.25) is 0 Å². The van der Waals surface area contributed by atoms with E-state index in [0.717, 1.165) is 24.2 Å². The van der Waals surface area contributed by atoms with Gasteiger partial charge in [-0.15, -0.1) is 0 Å². The monoisotopic (exact) mass is 239 g/mol. The first kappa shape index (κ1) is 12.5. The maximum atomic E-state index is 3.93. The van der Waals surface area contributed by atoms with E-state index in [1.165, 1.54) is 0 Å². The Bertz CT molecular complexity index is 398. The van der Waals surface area contributed by atoms with Crippen LogP contribution in [0.4, 0.5) is 11.4 Å². The van der Waals surface area contributed by atoms with Crippen LogP contribution in [0.3, 0.4) is 0 Å². The lowest BCUT2D eigenvalue weighted by atomic mass is 10.2. The molecule has 93 valence electrons. The van der Waals surface area contributed by atoms with Crippen LogP contribution in [-0.4, -0.2) is 6.17 Å². The number of hydrogen-bond donors (Lipinski definition) is 2. The summed E-state index contributed by atoms with van der Waals surface area (Å²) in [5.41, 5.74) is 2.25. The van der Waals surface area contributed by atoms with Gasteiger partial charge in [-0.25, -0.2) is 0 Å². The molecule has 2 aromatic rings. The molecule has 0 spiro atoms. The molecule has 0 amide bonds. The molecular formula is C16H19N2. The molecule has 0 saturated carbocycles. The average molecular weight is 239 g/mol. The molecule has 0 heterocycles. The highest BCUT2D eigenvalue weighted by molar-refractivity contribution is 5.49. The molecule has 0 fully saturated rings. The summed E-state index contributed by atoms with van der Waals surface area (Å²) < 4.78 is 0. The van der Waals surface area contributed by atoms with Gasteiger partial charge in [0.15, 0.2) is 0 Å². The van der Waals surface area contributed by atoms with Gasteiger partial charge in [0.25, 0.3) is 0 Å². The smallest absolute Gasteiger partial charge is 0.0963 e. The van der Waals surface area contributed by atoms with E-state index in [9.17, 15) is 0 Å². The van der Waals surface area contributed by atoms with Crippen molar-refractivity contribution in [3.63, 3.8) is 0 Å². The minimum absolute atomic E-state index is 0.201. The molecule has 2 N–H and O–H groups in total. The first-order valence-corrected chi connectivity index (χ1v) is 6.31. The summed E-state index contributed by atoms with van der Waals surface area (Å²) in [5, 5.41) is 6.95. The Morgan fingerprint density at radius 3 is 1.61 bits per heavy atom. The summed E-state index contributed by atoms with van der Waals surface area (Å²) in [6.07, 6.45) is 2.07. The highest BCUT2D eigenvalue weighted by Gasteiger charge is 2.06. The SMILES string of the molecule is [CH2]CCC(Nc1ccccc1)Nc1ccccc1. The van der Waals surface area contributed by atoms with E-state index in [1.807, 2.05) is 36.4 Å². The summed E-state index contributed by atoms with van der Waals surface area (Å²) in [4.78, 5) is 0. The molecule has 0 aliphatic rings. The second-order valence-corrected chi connectivity index (χ2v) is 4.22. The molecule has 0 unspecified atom stereocenters. The number of nitrogens with one attached hydrogen (secondary N) is 2. The molecule has 2 heteroatoms. The zero-order chi connectivity index (χ0) is 12.6. The molecule has 2 aromatic carbocycles. The fraction of sp³-hybridized carbons (Fsp3) is 0.188. The van der Waals surface area contributed by atoms with Crippen molar-refractivity contribution in [3.8, 4) is 0 Å². The van der Waals surface area contributed by atoms with E-state index in [-0.39, 0.29) is 6.17 Å². The van der Waals surface area contributed by atoms with Crippen LogP contribution < -0.4 is 10.6 Å². The maximum Gasteiger partial charge on any atom is 0.0963 e. The van der Waals surface area contributed by atoms with Gasteiger partial charge in [0, 0.05) is 11.4 Å². The third-order valence-electron chi connectivity index (χ3n) is 2.72. The van der Waals surface area contributed by atoms with E-state index in [2.05, 4.69) is 41.8 Å². The normalized spacial score (nSPS) is 10.3. The molecular weight excluding hydrogens is 220 g/mol. The lowest BCUT2D eigenvalue weighted by Gasteiger charge is -2.22. The predicted molar refractivity (Wildman–Crippen MR) is 78.5 cm³/mol. The van der Waals surface area contributed by atoms with Gasteiger partial charge in [-0.2, -0.15) is 0 Å². The Balaban J connectivity index is 2.00. The third-order valence-corrected chi connectivity index (χ3v) is 2.72. The fourth-order valence-corrected chi connectivity index (χ4v) is 1.86. The van der Waals surface area contributed by atoms with Crippen molar-refractivity contribution in [2.24, 2.45) is 0 Å². The van der Waals surface area contributed by atoms with E-state index in [4.69, 9.17) is 0 Å². The highest BCUT2D eigenvalue weighted by Crippen LogP contribution is 2.13. The number of rotatable bonds is 6. The van der Waals surface area contributed by atoms with Crippen molar-refractivity contribution >= 4 is 11.4 Å². The Hall–Kier alpha value is -1.96. The van der Waals surface area contributed by atoms with Crippen molar-refractivity contribution in [2.75, 3.05) is 10.6 Å². The Morgan fingerprint density at radius 2 is 1.22 bits per heavy atom. The van der Waals surface area contributed by atoms with Crippen LogP contribution in [0, 0.1) is 6.92 Å². The number of para-hydroxylation sites is 2. The fourth-order valence-electron chi connectivity index (χ4n) is 1.86. The summed E-state index contributed by atoms with van der Waals surface area (Å²) in [7, 11) is 0. The van der Waals surface area contributed by atoms with Crippen molar-refractivity contribution in [1.82, 2.24) is 0 Å². The lowest BCUT2D eigenvalue weighted by molar-refractivity contribution is 0.730. The number of anilines is 2. The minimum atomic E-state index is 0.201. The van der Waals surface area contributed by atoms with Crippen LogP contribution in [0.25, 0.3) is 0 Å². The van der Waals surface area contributed by atoms with E-state index in [1.54, 1.807) is 0 Å². The van der Waals surface area contributed by atoms with Crippen LogP contribution in [0.15, 0.2) is 60.7 Å². The van der Waals surface area contributed by atoms with Gasteiger partial charge in [-0.1, -0.05) is 43.3 Å². The second-order valence-electron chi connectivity index (χ2n) is 4.22. The van der Waals surface area contributed by atoms with Crippen LogP contribution in [0.2, 0.25) is 0 Å². The first-order chi connectivity index (χ1) is 8.88. The van der Waals surface area contributed by atoms with Gasteiger partial charge in [0.1, 0.15) is 0 Å². The standard InChI is InChI=1S/C16H19N2/c1-2-9-16(17-14-10-5-3-6-11-14)18-15-12-7-4-8-13-15/h3-8,10-13,16-18H,1-2,9H2.